The van der Waals surface area contributed by atoms with E-state index in [1.54, 1.807) is 17.1 Å². The first kappa shape index (κ1) is 20.4. The van der Waals surface area contributed by atoms with Crippen molar-refractivity contribution in [2.45, 2.75) is 6.54 Å². The molecule has 172 valence electrons. The predicted octanol–water partition coefficient (Wildman–Crippen LogP) is 6.72. The van der Waals surface area contributed by atoms with Gasteiger partial charge in [0.2, 0.25) is 5.82 Å². The van der Waals surface area contributed by atoms with Crippen LogP contribution >= 0.6 is 0 Å². The van der Waals surface area contributed by atoms with Crippen LogP contribution in [-0.2, 0) is 6.54 Å². The molecule has 7 rings (SSSR count). The van der Waals surface area contributed by atoms with Crippen molar-refractivity contribution in [3.05, 3.63) is 121 Å². The van der Waals surface area contributed by atoms with Gasteiger partial charge in [-0.15, -0.1) is 5.10 Å². The largest absolute Gasteiger partial charge is 0.461 e. The zero-order valence-electron chi connectivity index (χ0n) is 19.3. The fraction of sp³-hybridized carbons (Fsp3) is 0.0333. The molecular formula is C30H21N5O. The number of fused-ring (bicyclic) bond motifs is 3. The summed E-state index contributed by atoms with van der Waals surface area (Å²) < 4.78 is 9.63. The summed E-state index contributed by atoms with van der Waals surface area (Å²) in [4.78, 5) is 9.85. The molecule has 0 saturated heterocycles. The Morgan fingerprint density at radius 2 is 1.39 bits per heavy atom. The molecule has 0 N–H and O–H groups in total. The molecule has 0 bridgehead atoms. The van der Waals surface area contributed by atoms with Crippen molar-refractivity contribution in [1.82, 2.24) is 24.1 Å². The van der Waals surface area contributed by atoms with Crippen LogP contribution in [0.1, 0.15) is 5.56 Å². The van der Waals surface area contributed by atoms with Crippen LogP contribution in [0.2, 0.25) is 0 Å². The Kier molecular flexibility index (Phi) is 4.74. The monoisotopic (exact) mass is 467 g/mol. The summed E-state index contributed by atoms with van der Waals surface area (Å²) in [6.07, 6.45) is 3.37. The lowest BCUT2D eigenvalue weighted by Crippen LogP contribution is -2.03. The Morgan fingerprint density at radius 1 is 0.694 bits per heavy atom. The van der Waals surface area contributed by atoms with E-state index in [4.69, 9.17) is 14.4 Å². The van der Waals surface area contributed by atoms with E-state index in [0.717, 1.165) is 39.1 Å². The van der Waals surface area contributed by atoms with Crippen LogP contribution in [0.4, 0.5) is 0 Å². The average molecular weight is 468 g/mol. The summed E-state index contributed by atoms with van der Waals surface area (Å²) >= 11 is 0. The van der Waals surface area contributed by atoms with Gasteiger partial charge in [-0.3, -0.25) is 0 Å². The fourth-order valence-corrected chi connectivity index (χ4v) is 4.85. The van der Waals surface area contributed by atoms with Gasteiger partial charge < -0.3 is 8.98 Å². The lowest BCUT2D eigenvalue weighted by molar-refractivity contribution is 0.577. The molecule has 0 spiro atoms. The highest BCUT2D eigenvalue weighted by molar-refractivity contribution is 6.09. The first-order chi connectivity index (χ1) is 17.9. The molecule has 3 aromatic carbocycles. The van der Waals surface area contributed by atoms with E-state index in [2.05, 4.69) is 82.5 Å². The maximum atomic E-state index is 5.59. The lowest BCUT2D eigenvalue weighted by atomic mass is 9.99. The molecule has 0 aliphatic rings. The number of hydrogen-bond acceptors (Lipinski definition) is 4. The maximum Gasteiger partial charge on any atom is 0.217 e. The summed E-state index contributed by atoms with van der Waals surface area (Å²) in [5.41, 5.74) is 7.22. The van der Waals surface area contributed by atoms with Gasteiger partial charge in [0.1, 0.15) is 12.0 Å². The highest BCUT2D eigenvalue weighted by Crippen LogP contribution is 2.42. The van der Waals surface area contributed by atoms with Crippen molar-refractivity contribution in [3.8, 4) is 34.0 Å². The molecule has 0 atom stereocenters. The minimum absolute atomic E-state index is 0.533. The van der Waals surface area contributed by atoms with Crippen molar-refractivity contribution in [3.63, 3.8) is 0 Å². The second-order valence-corrected chi connectivity index (χ2v) is 8.65. The second kappa shape index (κ2) is 8.36. The highest BCUT2D eigenvalue weighted by atomic mass is 16.3. The molecule has 0 amide bonds. The van der Waals surface area contributed by atoms with E-state index >= 15 is 0 Å². The predicted molar refractivity (Wildman–Crippen MR) is 140 cm³/mol. The van der Waals surface area contributed by atoms with Gasteiger partial charge in [-0.25, -0.2) is 14.5 Å². The summed E-state index contributed by atoms with van der Waals surface area (Å²) in [5.74, 6) is 1.16. The first-order valence-corrected chi connectivity index (χ1v) is 11.8. The van der Waals surface area contributed by atoms with Crippen LogP contribution in [0.5, 0.6) is 0 Å². The summed E-state index contributed by atoms with van der Waals surface area (Å²) in [6.45, 7) is 0.677. The van der Waals surface area contributed by atoms with E-state index in [-0.39, 0.29) is 0 Å². The Bertz CT molecular complexity index is 1780. The molecule has 0 saturated carbocycles. The molecule has 0 aliphatic heterocycles. The van der Waals surface area contributed by atoms with Gasteiger partial charge in [-0.05, 0) is 28.8 Å². The number of aromatic nitrogens is 5. The molecule has 6 heteroatoms. The van der Waals surface area contributed by atoms with Gasteiger partial charge in [0.15, 0.2) is 11.4 Å². The van der Waals surface area contributed by atoms with Crippen LogP contribution in [0.3, 0.4) is 0 Å². The Hall–Kier alpha value is -4.97. The highest BCUT2D eigenvalue weighted by Gasteiger charge is 2.25. The summed E-state index contributed by atoms with van der Waals surface area (Å²) in [7, 11) is 0. The second-order valence-electron chi connectivity index (χ2n) is 8.65. The third-order valence-electron chi connectivity index (χ3n) is 6.42. The molecule has 36 heavy (non-hydrogen) atoms. The lowest BCUT2D eigenvalue weighted by Gasteiger charge is -2.13. The summed E-state index contributed by atoms with van der Waals surface area (Å²) in [6, 6.07) is 35.1. The minimum atomic E-state index is 0.533. The smallest absolute Gasteiger partial charge is 0.217 e. The molecule has 0 fully saturated rings. The Morgan fingerprint density at radius 3 is 2.08 bits per heavy atom. The molecule has 4 aromatic heterocycles. The normalized spacial score (nSPS) is 11.4. The van der Waals surface area contributed by atoms with Gasteiger partial charge in [0.25, 0.3) is 0 Å². The Balaban J connectivity index is 1.61. The van der Waals surface area contributed by atoms with Gasteiger partial charge in [-0.2, -0.15) is 0 Å². The number of furan rings is 1. The van der Waals surface area contributed by atoms with Gasteiger partial charge in [0.05, 0.1) is 17.3 Å². The Labute approximate surface area is 207 Å². The van der Waals surface area contributed by atoms with Crippen molar-refractivity contribution in [1.29, 1.82) is 0 Å². The van der Waals surface area contributed by atoms with E-state index in [9.17, 15) is 0 Å². The van der Waals surface area contributed by atoms with Crippen LogP contribution in [0.25, 0.3) is 50.6 Å². The van der Waals surface area contributed by atoms with E-state index in [1.165, 1.54) is 5.56 Å². The first-order valence-electron chi connectivity index (χ1n) is 11.8. The zero-order chi connectivity index (χ0) is 23.9. The van der Waals surface area contributed by atoms with E-state index in [0.29, 0.717) is 18.1 Å². The quantitative estimate of drug-likeness (QED) is 0.282. The molecule has 7 aromatic rings. The molecule has 0 unspecified atom stereocenters. The van der Waals surface area contributed by atoms with Crippen LogP contribution in [-0.4, -0.2) is 24.1 Å². The molecular weight excluding hydrogens is 446 g/mol. The molecule has 0 aliphatic carbocycles. The fourth-order valence-electron chi connectivity index (χ4n) is 4.85. The topological polar surface area (TPSA) is 61.2 Å². The minimum Gasteiger partial charge on any atom is -0.461 e. The maximum absolute atomic E-state index is 5.59. The van der Waals surface area contributed by atoms with Crippen molar-refractivity contribution < 1.29 is 4.42 Å². The van der Waals surface area contributed by atoms with Gasteiger partial charge in [-0.1, -0.05) is 91.0 Å². The number of hydrogen-bond donors (Lipinski definition) is 0. The van der Waals surface area contributed by atoms with E-state index < -0.39 is 0 Å². The van der Waals surface area contributed by atoms with E-state index in [1.807, 2.05) is 30.3 Å². The number of rotatable bonds is 5. The van der Waals surface area contributed by atoms with Crippen LogP contribution in [0.15, 0.2) is 120 Å². The standard InChI is InChI=1S/C30H21N5O/c1-4-11-21(12-5-1)19-34-27(23-15-8-3-9-16-23)25(22-13-6-2-7-14-22)26-29(34)31-20-35-30(26)32-28(33-35)24-17-10-18-36-24/h1-18,20H,19H2. The van der Waals surface area contributed by atoms with Gasteiger partial charge in [0, 0.05) is 12.1 Å². The zero-order valence-corrected chi connectivity index (χ0v) is 19.3. The SMILES string of the molecule is c1ccc(Cn2c(-c3ccccc3)c(-c3ccccc3)c3c2ncn2nc(-c4ccco4)nc32)cc1. The third kappa shape index (κ3) is 3.31. The van der Waals surface area contributed by atoms with Crippen LogP contribution < -0.4 is 0 Å². The van der Waals surface area contributed by atoms with Crippen molar-refractivity contribution >= 4 is 16.7 Å². The number of benzene rings is 3. The molecule has 4 heterocycles. The average Bonchev–Trinajstić information content (AvgIpc) is 3.68. The van der Waals surface area contributed by atoms with Crippen molar-refractivity contribution in [2.75, 3.05) is 0 Å². The molecule has 6 nitrogen and oxygen atoms in total. The third-order valence-corrected chi connectivity index (χ3v) is 6.42. The van der Waals surface area contributed by atoms with Crippen LogP contribution in [0, 0.1) is 0 Å². The molecule has 0 radical (unpaired) electrons. The summed E-state index contributed by atoms with van der Waals surface area (Å²) in [5, 5.41) is 5.64. The van der Waals surface area contributed by atoms with Gasteiger partial charge >= 0.3 is 0 Å². The van der Waals surface area contributed by atoms with Crippen molar-refractivity contribution in [2.24, 2.45) is 0 Å². The number of nitrogens with zero attached hydrogens (tertiary/aromatic N) is 5.